The standard InChI is InChI=1S/C16H25N3O/c1-13-10-18-15(11-17-13)16-12-19(8-9-20-16)14-6-4-2-3-5-7-14/h10-11,14,16H,2-9,12H2,1H3/t16-/m0/s1. The average Bonchev–Trinajstić information content (AvgIpc) is 2.77. The molecule has 4 heteroatoms. The van der Waals surface area contributed by atoms with E-state index in [0.717, 1.165) is 37.1 Å². The van der Waals surface area contributed by atoms with E-state index in [1.54, 1.807) is 0 Å². The molecule has 2 aliphatic rings. The summed E-state index contributed by atoms with van der Waals surface area (Å²) < 4.78 is 5.91. The van der Waals surface area contributed by atoms with Gasteiger partial charge in [0.05, 0.1) is 24.2 Å². The zero-order valence-electron chi connectivity index (χ0n) is 12.4. The second kappa shape index (κ2) is 6.64. The van der Waals surface area contributed by atoms with Crippen LogP contribution in [0.5, 0.6) is 0 Å². The summed E-state index contributed by atoms with van der Waals surface area (Å²) in [5.74, 6) is 0. The van der Waals surface area contributed by atoms with Crippen molar-refractivity contribution in [3.63, 3.8) is 0 Å². The Hall–Kier alpha value is -1.00. The van der Waals surface area contributed by atoms with E-state index in [0.29, 0.717) is 0 Å². The van der Waals surface area contributed by atoms with E-state index in [1.165, 1.54) is 38.5 Å². The first-order valence-electron chi connectivity index (χ1n) is 7.97. The number of aryl methyl sites for hydroxylation is 1. The fourth-order valence-corrected chi connectivity index (χ4v) is 3.37. The number of hydrogen-bond donors (Lipinski definition) is 0. The largest absolute Gasteiger partial charge is 0.369 e. The second-order valence-corrected chi connectivity index (χ2v) is 6.08. The third kappa shape index (κ3) is 3.36. The normalized spacial score (nSPS) is 26.4. The van der Waals surface area contributed by atoms with Crippen LogP contribution < -0.4 is 0 Å². The summed E-state index contributed by atoms with van der Waals surface area (Å²) in [6.07, 6.45) is 12.1. The molecular formula is C16H25N3O. The molecule has 1 saturated heterocycles. The number of morpholine rings is 1. The van der Waals surface area contributed by atoms with Crippen LogP contribution in [-0.2, 0) is 4.74 Å². The van der Waals surface area contributed by atoms with Gasteiger partial charge in [0.15, 0.2) is 0 Å². The van der Waals surface area contributed by atoms with Crippen molar-refractivity contribution in [3.8, 4) is 0 Å². The van der Waals surface area contributed by atoms with E-state index in [1.807, 2.05) is 19.3 Å². The van der Waals surface area contributed by atoms with Crippen molar-refractivity contribution >= 4 is 0 Å². The molecule has 110 valence electrons. The van der Waals surface area contributed by atoms with Crippen LogP contribution in [0.2, 0.25) is 0 Å². The smallest absolute Gasteiger partial charge is 0.114 e. The monoisotopic (exact) mass is 275 g/mol. The highest BCUT2D eigenvalue weighted by molar-refractivity contribution is 5.05. The van der Waals surface area contributed by atoms with Gasteiger partial charge in [-0.1, -0.05) is 25.7 Å². The molecule has 0 unspecified atom stereocenters. The SMILES string of the molecule is Cc1cnc([C@@H]2CN(C3CCCCCC3)CCO2)cn1. The Kier molecular flexibility index (Phi) is 4.63. The third-order valence-corrected chi connectivity index (χ3v) is 4.57. The van der Waals surface area contributed by atoms with Crippen LogP contribution in [0.3, 0.4) is 0 Å². The highest BCUT2D eigenvalue weighted by Gasteiger charge is 2.28. The molecule has 4 nitrogen and oxygen atoms in total. The van der Waals surface area contributed by atoms with Gasteiger partial charge >= 0.3 is 0 Å². The van der Waals surface area contributed by atoms with Gasteiger partial charge in [0, 0.05) is 25.3 Å². The Bertz CT molecular complexity index is 412. The van der Waals surface area contributed by atoms with Crippen LogP contribution in [0, 0.1) is 6.92 Å². The maximum Gasteiger partial charge on any atom is 0.114 e. The van der Waals surface area contributed by atoms with Crippen LogP contribution in [0.1, 0.15) is 56.0 Å². The molecular weight excluding hydrogens is 250 g/mol. The minimum absolute atomic E-state index is 0.0973. The van der Waals surface area contributed by atoms with Crippen molar-refractivity contribution < 1.29 is 4.74 Å². The minimum Gasteiger partial charge on any atom is -0.369 e. The van der Waals surface area contributed by atoms with Gasteiger partial charge in [-0.15, -0.1) is 0 Å². The molecule has 2 heterocycles. The number of ether oxygens (including phenoxy) is 1. The minimum atomic E-state index is 0.0973. The summed E-state index contributed by atoms with van der Waals surface area (Å²) in [4.78, 5) is 11.5. The van der Waals surface area contributed by atoms with Crippen molar-refractivity contribution in [1.29, 1.82) is 0 Å². The third-order valence-electron chi connectivity index (χ3n) is 4.57. The maximum absolute atomic E-state index is 5.91. The summed E-state index contributed by atoms with van der Waals surface area (Å²) in [5, 5.41) is 0. The van der Waals surface area contributed by atoms with Gasteiger partial charge < -0.3 is 4.74 Å². The Balaban J connectivity index is 1.64. The van der Waals surface area contributed by atoms with Crippen molar-refractivity contribution in [2.45, 2.75) is 57.6 Å². The van der Waals surface area contributed by atoms with Crippen LogP contribution >= 0.6 is 0 Å². The van der Waals surface area contributed by atoms with E-state index in [2.05, 4.69) is 14.9 Å². The van der Waals surface area contributed by atoms with E-state index < -0.39 is 0 Å². The van der Waals surface area contributed by atoms with Gasteiger partial charge in [0.25, 0.3) is 0 Å². The van der Waals surface area contributed by atoms with Crippen LogP contribution in [0.25, 0.3) is 0 Å². The zero-order chi connectivity index (χ0) is 13.8. The molecule has 1 saturated carbocycles. The van der Waals surface area contributed by atoms with Gasteiger partial charge in [-0.05, 0) is 19.8 Å². The van der Waals surface area contributed by atoms with Gasteiger partial charge in [-0.25, -0.2) is 0 Å². The summed E-state index contributed by atoms with van der Waals surface area (Å²) in [6.45, 7) is 4.83. The first kappa shape index (κ1) is 14.0. The summed E-state index contributed by atoms with van der Waals surface area (Å²) in [6, 6.07) is 0.752. The van der Waals surface area contributed by atoms with Crippen LogP contribution in [-0.4, -0.2) is 40.6 Å². The lowest BCUT2D eigenvalue weighted by Crippen LogP contribution is -2.44. The summed E-state index contributed by atoms with van der Waals surface area (Å²) >= 11 is 0. The topological polar surface area (TPSA) is 38.2 Å². The molecule has 0 radical (unpaired) electrons. The highest BCUT2D eigenvalue weighted by Crippen LogP contribution is 2.27. The lowest BCUT2D eigenvalue weighted by molar-refractivity contribution is -0.0490. The molecule has 0 spiro atoms. The van der Waals surface area contributed by atoms with Crippen molar-refractivity contribution in [3.05, 3.63) is 23.8 Å². The van der Waals surface area contributed by atoms with Crippen molar-refractivity contribution in [2.24, 2.45) is 0 Å². The quantitative estimate of drug-likeness (QED) is 0.778. The maximum atomic E-state index is 5.91. The molecule has 1 aromatic rings. The Labute approximate surface area is 121 Å². The lowest BCUT2D eigenvalue weighted by atomic mass is 10.1. The number of aromatic nitrogens is 2. The molecule has 3 rings (SSSR count). The Morgan fingerprint density at radius 3 is 2.60 bits per heavy atom. The first-order chi connectivity index (χ1) is 9.83. The predicted molar refractivity (Wildman–Crippen MR) is 78.5 cm³/mol. The van der Waals surface area contributed by atoms with Crippen LogP contribution in [0.4, 0.5) is 0 Å². The van der Waals surface area contributed by atoms with E-state index in [9.17, 15) is 0 Å². The Morgan fingerprint density at radius 1 is 1.10 bits per heavy atom. The second-order valence-electron chi connectivity index (χ2n) is 6.08. The molecule has 1 atom stereocenters. The van der Waals surface area contributed by atoms with Crippen LogP contribution in [0.15, 0.2) is 12.4 Å². The van der Waals surface area contributed by atoms with E-state index in [4.69, 9.17) is 4.74 Å². The summed E-state index contributed by atoms with van der Waals surface area (Å²) in [7, 11) is 0. The molecule has 1 aromatic heterocycles. The van der Waals surface area contributed by atoms with E-state index >= 15 is 0 Å². The highest BCUT2D eigenvalue weighted by atomic mass is 16.5. The van der Waals surface area contributed by atoms with Gasteiger partial charge in [-0.3, -0.25) is 14.9 Å². The van der Waals surface area contributed by atoms with Crippen molar-refractivity contribution in [2.75, 3.05) is 19.7 Å². The zero-order valence-corrected chi connectivity index (χ0v) is 12.4. The van der Waals surface area contributed by atoms with Crippen molar-refractivity contribution in [1.82, 2.24) is 14.9 Å². The molecule has 2 fully saturated rings. The average molecular weight is 275 g/mol. The molecule has 20 heavy (non-hydrogen) atoms. The molecule has 0 bridgehead atoms. The molecule has 0 aromatic carbocycles. The number of nitrogens with zero attached hydrogens (tertiary/aromatic N) is 3. The van der Waals surface area contributed by atoms with Gasteiger partial charge in [0.1, 0.15) is 6.10 Å². The number of rotatable bonds is 2. The predicted octanol–water partition coefficient (Wildman–Crippen LogP) is 2.88. The van der Waals surface area contributed by atoms with E-state index in [-0.39, 0.29) is 6.10 Å². The molecule has 0 amide bonds. The fraction of sp³-hybridized carbons (Fsp3) is 0.750. The summed E-state index contributed by atoms with van der Waals surface area (Å²) in [5.41, 5.74) is 1.94. The lowest BCUT2D eigenvalue weighted by Gasteiger charge is -2.37. The fourth-order valence-electron chi connectivity index (χ4n) is 3.37. The molecule has 1 aliphatic heterocycles. The first-order valence-corrected chi connectivity index (χ1v) is 7.97. The molecule has 1 aliphatic carbocycles. The molecule has 0 N–H and O–H groups in total. The van der Waals surface area contributed by atoms with Gasteiger partial charge in [-0.2, -0.15) is 0 Å². The van der Waals surface area contributed by atoms with Gasteiger partial charge in [0.2, 0.25) is 0 Å². The Morgan fingerprint density at radius 2 is 1.90 bits per heavy atom. The number of hydrogen-bond acceptors (Lipinski definition) is 4.